The molecule has 0 bridgehead atoms. The van der Waals surface area contributed by atoms with Crippen LogP contribution in [-0.2, 0) is 6.42 Å². The number of hydrogen-bond donors (Lipinski definition) is 2. The number of ether oxygens (including phenoxy) is 1. The number of nitrogen functional groups attached to an aromatic ring is 1. The average Bonchev–Trinajstić information content (AvgIpc) is 3.29. The van der Waals surface area contributed by atoms with E-state index in [0.29, 0.717) is 28.4 Å². The summed E-state index contributed by atoms with van der Waals surface area (Å²) >= 11 is 6.29. The molecule has 0 fully saturated rings. The molecule has 0 aliphatic rings. The van der Waals surface area contributed by atoms with E-state index in [-0.39, 0.29) is 5.69 Å². The van der Waals surface area contributed by atoms with Crippen LogP contribution < -0.4 is 10.6 Å². The number of carboxylic acids is 1. The minimum atomic E-state index is -1.08. The van der Waals surface area contributed by atoms with Gasteiger partial charge in [0.15, 0.2) is 0 Å². The van der Waals surface area contributed by atoms with Gasteiger partial charge in [-0.25, -0.2) is 9.78 Å². The minimum absolute atomic E-state index is 0.0144. The molecule has 3 N–H and O–H groups in total. The molecule has 3 aromatic heterocycles. The largest absolute Gasteiger partial charge is 0.495 e. The standard InChI is InChI=1S/C20H16ClN3O4/c1-27-18-8-13-14(7-12-3-2-4-16(23-12)20(25)26)19(11-5-6-28-10-11)24(22)17(13)9-15(18)21/h2-6,8-10H,7,22H2,1H3,(H,25,26). The zero-order valence-corrected chi connectivity index (χ0v) is 15.6. The monoisotopic (exact) mass is 397 g/mol. The third kappa shape index (κ3) is 2.95. The molecule has 1 aromatic carbocycles. The van der Waals surface area contributed by atoms with E-state index in [4.69, 9.17) is 26.6 Å². The fraction of sp³-hybridized carbons (Fsp3) is 0.100. The van der Waals surface area contributed by atoms with E-state index in [2.05, 4.69) is 4.98 Å². The van der Waals surface area contributed by atoms with Crippen molar-refractivity contribution in [1.82, 2.24) is 9.66 Å². The molecule has 0 radical (unpaired) electrons. The Morgan fingerprint density at radius 3 is 2.86 bits per heavy atom. The molecule has 0 aliphatic heterocycles. The van der Waals surface area contributed by atoms with Gasteiger partial charge in [0.2, 0.25) is 0 Å². The molecule has 0 spiro atoms. The minimum Gasteiger partial charge on any atom is -0.495 e. The summed E-state index contributed by atoms with van der Waals surface area (Å²) in [6.07, 6.45) is 3.53. The molecule has 0 atom stereocenters. The topological polar surface area (TPSA) is 104 Å². The number of halogens is 1. The fourth-order valence-corrected chi connectivity index (χ4v) is 3.54. The van der Waals surface area contributed by atoms with Gasteiger partial charge in [0, 0.05) is 23.1 Å². The van der Waals surface area contributed by atoms with Crippen molar-refractivity contribution in [2.24, 2.45) is 0 Å². The summed E-state index contributed by atoms with van der Waals surface area (Å²) in [4.78, 5) is 15.5. The van der Waals surface area contributed by atoms with Gasteiger partial charge in [-0.15, -0.1) is 0 Å². The molecule has 0 saturated carbocycles. The molecule has 4 rings (SSSR count). The maximum absolute atomic E-state index is 11.3. The molecule has 0 saturated heterocycles. The number of pyridine rings is 1. The van der Waals surface area contributed by atoms with Crippen molar-refractivity contribution >= 4 is 28.5 Å². The van der Waals surface area contributed by atoms with Crippen LogP contribution in [0.25, 0.3) is 22.2 Å². The van der Waals surface area contributed by atoms with Crippen molar-refractivity contribution in [3.63, 3.8) is 0 Å². The summed E-state index contributed by atoms with van der Waals surface area (Å²) in [5.41, 5.74) is 3.69. The van der Waals surface area contributed by atoms with E-state index in [1.165, 1.54) is 6.07 Å². The van der Waals surface area contributed by atoms with Gasteiger partial charge in [-0.1, -0.05) is 17.7 Å². The Balaban J connectivity index is 1.96. The third-order valence-corrected chi connectivity index (χ3v) is 4.86. The van der Waals surface area contributed by atoms with Crippen molar-refractivity contribution in [3.05, 3.63) is 70.9 Å². The lowest BCUT2D eigenvalue weighted by Gasteiger charge is -2.06. The highest BCUT2D eigenvalue weighted by atomic mass is 35.5. The Morgan fingerprint density at radius 1 is 1.36 bits per heavy atom. The van der Waals surface area contributed by atoms with Crippen LogP contribution >= 0.6 is 11.6 Å². The molecular weight excluding hydrogens is 382 g/mol. The summed E-state index contributed by atoms with van der Waals surface area (Å²) in [6.45, 7) is 0. The summed E-state index contributed by atoms with van der Waals surface area (Å²) in [7, 11) is 1.54. The molecule has 0 unspecified atom stereocenters. The maximum Gasteiger partial charge on any atom is 0.354 e. The Bertz CT molecular complexity index is 1180. The number of hydrogen-bond acceptors (Lipinski definition) is 5. The molecule has 8 heteroatoms. The summed E-state index contributed by atoms with van der Waals surface area (Å²) in [5.74, 6) is 5.83. The predicted molar refractivity (Wildman–Crippen MR) is 105 cm³/mol. The summed E-state index contributed by atoms with van der Waals surface area (Å²) in [6, 6.07) is 10.3. The van der Waals surface area contributed by atoms with Crippen LogP contribution in [0, 0.1) is 0 Å². The van der Waals surface area contributed by atoms with Gasteiger partial charge in [-0.3, -0.25) is 4.68 Å². The number of benzene rings is 1. The van der Waals surface area contributed by atoms with Crippen LogP contribution in [0.15, 0.2) is 53.3 Å². The third-order valence-electron chi connectivity index (χ3n) is 4.56. The number of nitrogens with zero attached hydrogens (tertiary/aromatic N) is 2. The van der Waals surface area contributed by atoms with Crippen molar-refractivity contribution < 1.29 is 19.1 Å². The smallest absolute Gasteiger partial charge is 0.354 e. The molecule has 3 heterocycles. The lowest BCUT2D eigenvalue weighted by atomic mass is 10.0. The molecular formula is C20H16ClN3O4. The van der Waals surface area contributed by atoms with E-state index in [1.54, 1.807) is 48.6 Å². The summed E-state index contributed by atoms with van der Waals surface area (Å²) in [5, 5.41) is 10.5. The molecule has 0 aliphatic carbocycles. The lowest BCUT2D eigenvalue weighted by molar-refractivity contribution is 0.0690. The van der Waals surface area contributed by atoms with E-state index in [1.807, 2.05) is 6.07 Å². The first-order valence-corrected chi connectivity index (χ1v) is 8.75. The first-order chi connectivity index (χ1) is 13.5. The number of carboxylic acid groups (broad SMARTS) is 1. The SMILES string of the molecule is COc1cc2c(Cc3cccc(C(=O)O)n3)c(-c3ccoc3)n(N)c2cc1Cl. The van der Waals surface area contributed by atoms with Gasteiger partial charge in [0.25, 0.3) is 0 Å². The number of carbonyl (C=O) groups is 1. The Morgan fingerprint density at radius 2 is 2.18 bits per heavy atom. The van der Waals surface area contributed by atoms with Crippen LogP contribution in [0.3, 0.4) is 0 Å². The van der Waals surface area contributed by atoms with E-state index < -0.39 is 5.97 Å². The van der Waals surface area contributed by atoms with E-state index in [9.17, 15) is 9.90 Å². The molecule has 4 aromatic rings. The molecule has 142 valence electrons. The normalized spacial score (nSPS) is 11.1. The maximum atomic E-state index is 11.3. The van der Waals surface area contributed by atoms with Gasteiger partial charge in [0.1, 0.15) is 11.4 Å². The van der Waals surface area contributed by atoms with Crippen LogP contribution in [0.4, 0.5) is 0 Å². The first kappa shape index (κ1) is 17.9. The van der Waals surface area contributed by atoms with Crippen LogP contribution in [-0.4, -0.2) is 27.8 Å². The second-order valence-corrected chi connectivity index (χ2v) is 6.62. The number of fused-ring (bicyclic) bond motifs is 1. The van der Waals surface area contributed by atoms with Crippen LogP contribution in [0.2, 0.25) is 5.02 Å². The van der Waals surface area contributed by atoms with Gasteiger partial charge in [-0.2, -0.15) is 0 Å². The van der Waals surface area contributed by atoms with Gasteiger partial charge >= 0.3 is 5.97 Å². The quantitative estimate of drug-likeness (QED) is 0.494. The van der Waals surface area contributed by atoms with Crippen molar-refractivity contribution in [2.75, 3.05) is 13.0 Å². The Labute approximate surface area is 164 Å². The average molecular weight is 398 g/mol. The molecule has 28 heavy (non-hydrogen) atoms. The van der Waals surface area contributed by atoms with E-state index >= 15 is 0 Å². The molecule has 7 nitrogen and oxygen atoms in total. The van der Waals surface area contributed by atoms with E-state index in [0.717, 1.165) is 22.2 Å². The van der Waals surface area contributed by atoms with Gasteiger partial charge < -0.3 is 20.1 Å². The second-order valence-electron chi connectivity index (χ2n) is 6.21. The first-order valence-electron chi connectivity index (χ1n) is 8.37. The van der Waals surface area contributed by atoms with Crippen molar-refractivity contribution in [3.8, 4) is 17.0 Å². The predicted octanol–water partition coefficient (Wildman–Crippen LogP) is 3.96. The van der Waals surface area contributed by atoms with Gasteiger partial charge in [-0.05, 0) is 35.9 Å². The van der Waals surface area contributed by atoms with Crippen LogP contribution in [0.1, 0.15) is 21.7 Å². The summed E-state index contributed by atoms with van der Waals surface area (Å²) < 4.78 is 12.1. The molecule has 0 amide bonds. The number of furan rings is 1. The van der Waals surface area contributed by atoms with Crippen molar-refractivity contribution in [2.45, 2.75) is 6.42 Å². The number of methoxy groups -OCH3 is 1. The highest BCUT2D eigenvalue weighted by Gasteiger charge is 2.21. The fourth-order valence-electron chi connectivity index (χ4n) is 3.30. The second kappa shape index (κ2) is 6.94. The lowest BCUT2D eigenvalue weighted by Crippen LogP contribution is -2.10. The number of rotatable bonds is 5. The number of nitrogens with two attached hydrogens (primary N) is 1. The Kier molecular flexibility index (Phi) is 4.44. The van der Waals surface area contributed by atoms with Crippen LogP contribution in [0.5, 0.6) is 5.75 Å². The highest BCUT2D eigenvalue weighted by molar-refractivity contribution is 6.33. The Hall–Kier alpha value is -3.45. The number of aromatic nitrogens is 2. The van der Waals surface area contributed by atoms with Crippen molar-refractivity contribution in [1.29, 1.82) is 0 Å². The zero-order chi connectivity index (χ0) is 19.8. The van der Waals surface area contributed by atoms with Gasteiger partial charge in [0.05, 0.1) is 35.9 Å². The zero-order valence-electron chi connectivity index (χ0n) is 14.8. The highest BCUT2D eigenvalue weighted by Crippen LogP contribution is 2.38. The number of aromatic carboxylic acids is 1.